The molecule has 0 bridgehead atoms. The Labute approximate surface area is 144 Å². The number of nitrogens with zero attached hydrogens (tertiary/aromatic N) is 2. The Bertz CT molecular complexity index is 880. The standard InChI is InChI=1S/C19H18N4O2/c24-17(10-20-19(25)13-6-2-1-3-7-13)23-11-14(12-23)18-21-15-8-4-5-9-16(15)22-18/h1-9,14H,10-12H2,(H,20,25)(H,21,22). The van der Waals surface area contributed by atoms with Crippen molar-refractivity contribution in [1.29, 1.82) is 0 Å². The first-order valence-electron chi connectivity index (χ1n) is 8.26. The number of likely N-dealkylation sites (tertiary alicyclic amines) is 1. The molecular weight excluding hydrogens is 316 g/mol. The highest BCUT2D eigenvalue weighted by Gasteiger charge is 2.33. The molecule has 2 N–H and O–H groups in total. The van der Waals surface area contributed by atoms with Gasteiger partial charge < -0.3 is 15.2 Å². The molecule has 126 valence electrons. The number of H-pyrrole nitrogens is 1. The van der Waals surface area contributed by atoms with Crippen molar-refractivity contribution in [2.45, 2.75) is 5.92 Å². The Balaban J connectivity index is 1.30. The first kappa shape index (κ1) is 15.4. The molecule has 6 heteroatoms. The maximum absolute atomic E-state index is 12.2. The molecule has 2 aromatic carbocycles. The minimum absolute atomic E-state index is 0.0145. The summed E-state index contributed by atoms with van der Waals surface area (Å²) in [5.74, 6) is 0.833. The molecule has 3 aromatic rings. The third-order valence-corrected chi connectivity index (χ3v) is 4.46. The molecule has 0 unspecified atom stereocenters. The van der Waals surface area contributed by atoms with E-state index in [9.17, 15) is 9.59 Å². The number of aromatic amines is 1. The summed E-state index contributed by atoms with van der Waals surface area (Å²) < 4.78 is 0. The van der Waals surface area contributed by atoms with E-state index in [4.69, 9.17) is 0 Å². The number of hydrogen-bond acceptors (Lipinski definition) is 3. The quantitative estimate of drug-likeness (QED) is 0.765. The number of hydrogen-bond donors (Lipinski definition) is 2. The van der Waals surface area contributed by atoms with E-state index in [1.807, 2.05) is 30.3 Å². The molecule has 1 aliphatic rings. The van der Waals surface area contributed by atoms with E-state index in [0.717, 1.165) is 16.9 Å². The Kier molecular flexibility index (Phi) is 3.93. The number of benzene rings is 2. The summed E-state index contributed by atoms with van der Waals surface area (Å²) in [7, 11) is 0. The number of carbonyl (C=O) groups is 2. The molecule has 0 radical (unpaired) electrons. The number of nitrogens with one attached hydrogen (secondary N) is 2. The minimum atomic E-state index is -0.233. The molecule has 1 fully saturated rings. The SMILES string of the molecule is O=C(NCC(=O)N1CC(c2nc3ccccc3[nH]2)C1)c1ccccc1. The molecule has 2 amide bonds. The lowest BCUT2D eigenvalue weighted by atomic mass is 9.99. The lowest BCUT2D eigenvalue weighted by Gasteiger charge is -2.38. The maximum atomic E-state index is 12.2. The summed E-state index contributed by atoms with van der Waals surface area (Å²) in [6.45, 7) is 1.26. The number of imidazole rings is 1. The molecule has 2 heterocycles. The Morgan fingerprint density at radius 2 is 1.80 bits per heavy atom. The summed E-state index contributed by atoms with van der Waals surface area (Å²) in [6.07, 6.45) is 0. The summed E-state index contributed by atoms with van der Waals surface area (Å²) >= 11 is 0. The van der Waals surface area contributed by atoms with Gasteiger partial charge in [-0.05, 0) is 24.3 Å². The third kappa shape index (κ3) is 3.10. The Morgan fingerprint density at radius 1 is 1.08 bits per heavy atom. The molecular formula is C19H18N4O2. The molecule has 4 rings (SSSR count). The monoisotopic (exact) mass is 334 g/mol. The largest absolute Gasteiger partial charge is 0.343 e. The maximum Gasteiger partial charge on any atom is 0.251 e. The highest BCUT2D eigenvalue weighted by Crippen LogP contribution is 2.26. The lowest BCUT2D eigenvalue weighted by Crippen LogP contribution is -2.52. The number of para-hydroxylation sites is 2. The second kappa shape index (κ2) is 6.39. The molecule has 1 saturated heterocycles. The lowest BCUT2D eigenvalue weighted by molar-refractivity contribution is -0.134. The smallest absolute Gasteiger partial charge is 0.251 e. The van der Waals surface area contributed by atoms with Gasteiger partial charge in [0, 0.05) is 18.7 Å². The van der Waals surface area contributed by atoms with E-state index < -0.39 is 0 Å². The van der Waals surface area contributed by atoms with Gasteiger partial charge in [0.1, 0.15) is 5.82 Å². The van der Waals surface area contributed by atoms with Gasteiger partial charge in [-0.25, -0.2) is 4.98 Å². The van der Waals surface area contributed by atoms with Gasteiger partial charge in [-0.2, -0.15) is 0 Å². The van der Waals surface area contributed by atoms with Crippen LogP contribution in [0.4, 0.5) is 0 Å². The summed E-state index contributed by atoms with van der Waals surface area (Å²) in [5, 5.41) is 2.67. The van der Waals surface area contributed by atoms with Crippen molar-refractivity contribution in [2.24, 2.45) is 0 Å². The second-order valence-corrected chi connectivity index (χ2v) is 6.18. The predicted molar refractivity (Wildman–Crippen MR) is 94.2 cm³/mol. The van der Waals surface area contributed by atoms with Crippen LogP contribution >= 0.6 is 0 Å². The van der Waals surface area contributed by atoms with Crippen molar-refractivity contribution in [3.8, 4) is 0 Å². The van der Waals surface area contributed by atoms with Gasteiger partial charge in [0.15, 0.2) is 0 Å². The zero-order chi connectivity index (χ0) is 17.2. The fraction of sp³-hybridized carbons (Fsp3) is 0.211. The molecule has 25 heavy (non-hydrogen) atoms. The molecule has 1 aromatic heterocycles. The minimum Gasteiger partial charge on any atom is -0.343 e. The van der Waals surface area contributed by atoms with Crippen molar-refractivity contribution in [3.63, 3.8) is 0 Å². The number of aromatic nitrogens is 2. The fourth-order valence-corrected chi connectivity index (χ4v) is 2.98. The third-order valence-electron chi connectivity index (χ3n) is 4.46. The summed E-state index contributed by atoms with van der Waals surface area (Å²) in [4.78, 5) is 33.8. The average Bonchev–Trinajstić information content (AvgIpc) is 3.02. The van der Waals surface area contributed by atoms with Gasteiger partial charge >= 0.3 is 0 Å². The topological polar surface area (TPSA) is 78.1 Å². The van der Waals surface area contributed by atoms with Crippen LogP contribution in [-0.2, 0) is 4.79 Å². The number of carbonyl (C=O) groups excluding carboxylic acids is 2. The first-order chi connectivity index (χ1) is 12.2. The van der Waals surface area contributed by atoms with E-state index in [2.05, 4.69) is 15.3 Å². The predicted octanol–water partition coefficient (Wildman–Crippen LogP) is 1.92. The number of fused-ring (bicyclic) bond motifs is 1. The van der Waals surface area contributed by atoms with Crippen molar-refractivity contribution < 1.29 is 9.59 Å². The van der Waals surface area contributed by atoms with Crippen molar-refractivity contribution in [3.05, 3.63) is 66.0 Å². The Hall–Kier alpha value is -3.15. The van der Waals surface area contributed by atoms with Gasteiger partial charge in [-0.3, -0.25) is 9.59 Å². The number of amides is 2. The van der Waals surface area contributed by atoms with Crippen LogP contribution in [0.25, 0.3) is 11.0 Å². The first-order valence-corrected chi connectivity index (χ1v) is 8.26. The van der Waals surface area contributed by atoms with Crippen LogP contribution in [0.15, 0.2) is 54.6 Å². The van der Waals surface area contributed by atoms with Crippen LogP contribution in [0.5, 0.6) is 0 Å². The van der Waals surface area contributed by atoms with Crippen LogP contribution in [0.3, 0.4) is 0 Å². The molecule has 0 aliphatic carbocycles. The molecule has 0 atom stereocenters. The van der Waals surface area contributed by atoms with Crippen LogP contribution in [0, 0.1) is 0 Å². The van der Waals surface area contributed by atoms with Crippen molar-refractivity contribution in [2.75, 3.05) is 19.6 Å². The zero-order valence-electron chi connectivity index (χ0n) is 13.6. The van der Waals surface area contributed by atoms with Gasteiger partial charge in [-0.15, -0.1) is 0 Å². The van der Waals surface area contributed by atoms with Crippen molar-refractivity contribution in [1.82, 2.24) is 20.2 Å². The fourth-order valence-electron chi connectivity index (χ4n) is 2.98. The molecule has 1 aliphatic heterocycles. The highest BCUT2D eigenvalue weighted by atomic mass is 16.2. The van der Waals surface area contributed by atoms with E-state index in [-0.39, 0.29) is 24.3 Å². The van der Waals surface area contributed by atoms with Gasteiger partial charge in [0.05, 0.1) is 23.5 Å². The zero-order valence-corrected chi connectivity index (χ0v) is 13.6. The van der Waals surface area contributed by atoms with Crippen molar-refractivity contribution >= 4 is 22.8 Å². The van der Waals surface area contributed by atoms with Gasteiger partial charge in [0.2, 0.25) is 5.91 Å². The van der Waals surface area contributed by atoms with E-state index in [1.54, 1.807) is 29.2 Å². The average molecular weight is 334 g/mol. The van der Waals surface area contributed by atoms with E-state index in [0.29, 0.717) is 18.7 Å². The van der Waals surface area contributed by atoms with Crippen LogP contribution in [-0.4, -0.2) is 46.3 Å². The van der Waals surface area contributed by atoms with Crippen LogP contribution in [0.1, 0.15) is 22.1 Å². The Morgan fingerprint density at radius 3 is 2.56 bits per heavy atom. The molecule has 0 spiro atoms. The van der Waals surface area contributed by atoms with Gasteiger partial charge in [-0.1, -0.05) is 30.3 Å². The van der Waals surface area contributed by atoms with Gasteiger partial charge in [0.25, 0.3) is 5.91 Å². The van der Waals surface area contributed by atoms with Crippen LogP contribution in [0.2, 0.25) is 0 Å². The summed E-state index contributed by atoms with van der Waals surface area (Å²) in [6, 6.07) is 16.8. The second-order valence-electron chi connectivity index (χ2n) is 6.18. The van der Waals surface area contributed by atoms with E-state index >= 15 is 0 Å². The highest BCUT2D eigenvalue weighted by molar-refractivity contribution is 5.96. The normalized spacial score (nSPS) is 14.3. The van der Waals surface area contributed by atoms with Crippen LogP contribution < -0.4 is 5.32 Å². The summed E-state index contributed by atoms with van der Waals surface area (Å²) in [5.41, 5.74) is 2.51. The van der Waals surface area contributed by atoms with E-state index in [1.165, 1.54) is 0 Å². The molecule has 6 nitrogen and oxygen atoms in total. The molecule has 0 saturated carbocycles. The number of rotatable bonds is 4.